The Morgan fingerprint density at radius 2 is 1.91 bits per heavy atom. The van der Waals surface area contributed by atoms with E-state index >= 15 is 0 Å². The van der Waals surface area contributed by atoms with E-state index in [-0.39, 0.29) is 11.8 Å². The first-order valence-corrected chi connectivity index (χ1v) is 8.09. The van der Waals surface area contributed by atoms with E-state index in [2.05, 4.69) is 5.10 Å². The number of benzene rings is 1. The number of carbonyl (C=O) groups is 1. The maximum absolute atomic E-state index is 12.5. The molecule has 122 valence electrons. The van der Waals surface area contributed by atoms with Crippen LogP contribution in [0.4, 0.5) is 0 Å². The van der Waals surface area contributed by atoms with E-state index in [1.165, 1.54) is 0 Å². The lowest BCUT2D eigenvalue weighted by molar-refractivity contribution is 0.0458. The maximum Gasteiger partial charge on any atom is 0.274 e. The van der Waals surface area contributed by atoms with Gasteiger partial charge in [-0.15, -0.1) is 0 Å². The molecule has 2 aromatic rings. The van der Waals surface area contributed by atoms with Gasteiger partial charge in [-0.1, -0.05) is 30.3 Å². The minimum absolute atomic E-state index is 0.0126. The number of aliphatic hydroxyl groups excluding tert-OH is 1. The monoisotopic (exact) mass is 313 g/mol. The van der Waals surface area contributed by atoms with E-state index < -0.39 is 6.10 Å². The van der Waals surface area contributed by atoms with Crippen molar-refractivity contribution in [3.63, 3.8) is 0 Å². The van der Waals surface area contributed by atoms with Crippen molar-refractivity contribution in [3.05, 3.63) is 53.3 Å². The number of hydrogen-bond acceptors (Lipinski definition) is 3. The van der Waals surface area contributed by atoms with E-state index in [1.807, 2.05) is 55.3 Å². The Labute approximate surface area is 136 Å². The molecule has 0 bridgehead atoms. The van der Waals surface area contributed by atoms with E-state index in [4.69, 9.17) is 0 Å². The minimum Gasteiger partial charge on any atom is -0.388 e. The maximum atomic E-state index is 12.5. The Hall–Kier alpha value is -2.14. The van der Waals surface area contributed by atoms with Crippen LogP contribution in [0.3, 0.4) is 0 Å². The molecule has 1 aromatic heterocycles. The predicted octanol–water partition coefficient (Wildman–Crippen LogP) is 2.31. The Morgan fingerprint density at radius 1 is 1.26 bits per heavy atom. The predicted molar refractivity (Wildman–Crippen MR) is 88.0 cm³/mol. The summed E-state index contributed by atoms with van der Waals surface area (Å²) in [7, 11) is 1.84. The molecule has 1 unspecified atom stereocenters. The van der Waals surface area contributed by atoms with Crippen molar-refractivity contribution in [1.29, 1.82) is 0 Å². The summed E-state index contributed by atoms with van der Waals surface area (Å²) in [5, 5.41) is 14.8. The molecular formula is C18H23N3O2. The zero-order chi connectivity index (χ0) is 16.4. The fraction of sp³-hybridized carbons (Fsp3) is 0.444. The molecule has 2 heterocycles. The molecule has 5 heteroatoms. The van der Waals surface area contributed by atoms with Gasteiger partial charge in [0.15, 0.2) is 5.69 Å². The highest BCUT2D eigenvalue weighted by Gasteiger charge is 2.29. The molecule has 5 nitrogen and oxygen atoms in total. The second kappa shape index (κ2) is 6.54. The Morgan fingerprint density at radius 3 is 2.48 bits per heavy atom. The standard InChI is InChI=1S/C18H23N3O2/c1-13-12-16(19-20(13)2)18(23)21-10-8-15(9-11-21)17(22)14-6-4-3-5-7-14/h3-7,12,15,17,22H,8-11H2,1-2H3. The van der Waals surface area contributed by atoms with Crippen molar-refractivity contribution >= 4 is 5.91 Å². The van der Waals surface area contributed by atoms with Gasteiger partial charge in [0, 0.05) is 25.8 Å². The Kier molecular flexibility index (Phi) is 4.48. The van der Waals surface area contributed by atoms with Crippen molar-refractivity contribution in [3.8, 4) is 0 Å². The summed E-state index contributed by atoms with van der Waals surface area (Å²) in [4.78, 5) is 14.3. The molecule has 0 radical (unpaired) electrons. The van der Waals surface area contributed by atoms with Gasteiger partial charge in [0.25, 0.3) is 5.91 Å². The van der Waals surface area contributed by atoms with Crippen LogP contribution in [-0.4, -0.2) is 38.8 Å². The van der Waals surface area contributed by atoms with Crippen molar-refractivity contribution in [2.45, 2.75) is 25.9 Å². The summed E-state index contributed by atoms with van der Waals surface area (Å²) in [5.41, 5.74) is 2.44. The normalized spacial score (nSPS) is 17.3. The molecule has 1 aromatic carbocycles. The van der Waals surface area contributed by atoms with Crippen molar-refractivity contribution in [2.75, 3.05) is 13.1 Å². The van der Waals surface area contributed by atoms with Crippen LogP contribution in [0.15, 0.2) is 36.4 Å². The fourth-order valence-electron chi connectivity index (χ4n) is 3.17. The lowest BCUT2D eigenvalue weighted by Gasteiger charge is -2.34. The van der Waals surface area contributed by atoms with E-state index in [0.29, 0.717) is 18.8 Å². The van der Waals surface area contributed by atoms with Gasteiger partial charge in [0.2, 0.25) is 0 Å². The van der Waals surface area contributed by atoms with Crippen LogP contribution >= 0.6 is 0 Å². The first-order chi connectivity index (χ1) is 11.1. The van der Waals surface area contributed by atoms with Gasteiger partial charge in [-0.3, -0.25) is 9.48 Å². The Bertz CT molecular complexity index is 653. The molecule has 23 heavy (non-hydrogen) atoms. The highest BCUT2D eigenvalue weighted by molar-refractivity contribution is 5.92. The summed E-state index contributed by atoms with van der Waals surface area (Å²) >= 11 is 0. The van der Waals surface area contributed by atoms with Crippen molar-refractivity contribution < 1.29 is 9.90 Å². The van der Waals surface area contributed by atoms with Crippen LogP contribution in [0.1, 0.15) is 40.7 Å². The highest BCUT2D eigenvalue weighted by Crippen LogP contribution is 2.30. The molecular weight excluding hydrogens is 290 g/mol. The van der Waals surface area contributed by atoms with Gasteiger partial charge in [0.1, 0.15) is 0 Å². The molecule has 1 atom stereocenters. The number of piperidine rings is 1. The van der Waals surface area contributed by atoms with Crippen LogP contribution in [-0.2, 0) is 7.05 Å². The van der Waals surface area contributed by atoms with Crippen LogP contribution < -0.4 is 0 Å². The number of hydrogen-bond donors (Lipinski definition) is 1. The average Bonchev–Trinajstić information content (AvgIpc) is 2.93. The molecule has 0 saturated carbocycles. The molecule has 1 saturated heterocycles. The smallest absolute Gasteiger partial charge is 0.274 e. The lowest BCUT2D eigenvalue weighted by Crippen LogP contribution is -2.40. The number of carbonyl (C=O) groups excluding carboxylic acids is 1. The summed E-state index contributed by atoms with van der Waals surface area (Å²) in [6, 6.07) is 11.6. The molecule has 1 amide bonds. The number of amides is 1. The molecule has 1 aliphatic heterocycles. The second-order valence-electron chi connectivity index (χ2n) is 6.28. The van der Waals surface area contributed by atoms with Crippen molar-refractivity contribution in [1.82, 2.24) is 14.7 Å². The van der Waals surface area contributed by atoms with Gasteiger partial charge in [0.05, 0.1) is 6.10 Å². The van der Waals surface area contributed by atoms with Gasteiger partial charge in [-0.05, 0) is 37.3 Å². The zero-order valence-corrected chi connectivity index (χ0v) is 13.6. The third-order valence-electron chi connectivity index (χ3n) is 4.75. The summed E-state index contributed by atoms with van der Waals surface area (Å²) < 4.78 is 1.72. The summed E-state index contributed by atoms with van der Waals surface area (Å²) in [5.74, 6) is 0.188. The zero-order valence-electron chi connectivity index (χ0n) is 13.6. The summed E-state index contributed by atoms with van der Waals surface area (Å²) in [6.07, 6.45) is 1.17. The molecule has 0 spiro atoms. The van der Waals surface area contributed by atoms with Gasteiger partial charge in [-0.2, -0.15) is 5.10 Å². The van der Waals surface area contributed by atoms with Crippen LogP contribution in [0.5, 0.6) is 0 Å². The largest absolute Gasteiger partial charge is 0.388 e. The van der Waals surface area contributed by atoms with E-state index in [0.717, 1.165) is 24.1 Å². The average molecular weight is 313 g/mol. The number of nitrogens with zero attached hydrogens (tertiary/aromatic N) is 3. The Balaban J connectivity index is 1.61. The van der Waals surface area contributed by atoms with Crippen LogP contribution in [0, 0.1) is 12.8 Å². The van der Waals surface area contributed by atoms with Gasteiger partial charge < -0.3 is 10.0 Å². The number of rotatable bonds is 3. The molecule has 3 rings (SSSR count). The lowest BCUT2D eigenvalue weighted by atomic mass is 9.87. The van der Waals surface area contributed by atoms with Crippen LogP contribution in [0.2, 0.25) is 0 Å². The molecule has 0 aliphatic carbocycles. The number of aliphatic hydroxyl groups is 1. The van der Waals surface area contributed by atoms with E-state index in [9.17, 15) is 9.90 Å². The molecule has 1 fully saturated rings. The van der Waals surface area contributed by atoms with Gasteiger partial charge in [-0.25, -0.2) is 0 Å². The number of likely N-dealkylation sites (tertiary alicyclic amines) is 1. The number of aryl methyl sites for hydroxylation is 2. The first-order valence-electron chi connectivity index (χ1n) is 8.09. The first kappa shape index (κ1) is 15.7. The summed E-state index contributed by atoms with van der Waals surface area (Å²) in [6.45, 7) is 3.28. The topological polar surface area (TPSA) is 58.4 Å². The number of aromatic nitrogens is 2. The highest BCUT2D eigenvalue weighted by atomic mass is 16.3. The van der Waals surface area contributed by atoms with E-state index in [1.54, 1.807) is 4.68 Å². The SMILES string of the molecule is Cc1cc(C(=O)N2CCC(C(O)c3ccccc3)CC2)nn1C. The fourth-order valence-corrected chi connectivity index (χ4v) is 3.17. The van der Waals surface area contributed by atoms with Crippen molar-refractivity contribution in [2.24, 2.45) is 13.0 Å². The van der Waals surface area contributed by atoms with Crippen LogP contribution in [0.25, 0.3) is 0 Å². The molecule has 1 N–H and O–H groups in total. The third kappa shape index (κ3) is 3.29. The molecule has 1 aliphatic rings. The quantitative estimate of drug-likeness (QED) is 0.946. The second-order valence-corrected chi connectivity index (χ2v) is 6.28. The van der Waals surface area contributed by atoms with Gasteiger partial charge >= 0.3 is 0 Å². The third-order valence-corrected chi connectivity index (χ3v) is 4.75. The minimum atomic E-state index is -0.453.